The summed E-state index contributed by atoms with van der Waals surface area (Å²) in [7, 11) is 0. The smallest absolute Gasteiger partial charge is 0.404 e. The van der Waals surface area contributed by atoms with Gasteiger partial charge in [0.15, 0.2) is 0 Å². The molecule has 4 bridgehead atoms. The molecular weight excluding hydrogens is 235 g/mol. The number of halogens is 2. The quantitative estimate of drug-likeness (QED) is 0.524. The Morgan fingerprint density at radius 2 is 1.80 bits per heavy atom. The van der Waals surface area contributed by atoms with Crippen molar-refractivity contribution in [2.45, 2.75) is 43.1 Å². The van der Waals surface area contributed by atoms with E-state index in [9.17, 15) is 4.79 Å². The van der Waals surface area contributed by atoms with Crippen molar-refractivity contribution >= 4 is 28.6 Å². The minimum atomic E-state index is -0.692. The Hall–Kier alpha value is 0.0500. The summed E-state index contributed by atoms with van der Waals surface area (Å²) in [6, 6.07) is 0. The van der Waals surface area contributed by atoms with Crippen LogP contribution in [0.15, 0.2) is 0 Å². The molecule has 0 aliphatic heterocycles. The fraction of sp³-hybridized carbons (Fsp3) is 0.909. The van der Waals surface area contributed by atoms with Crippen LogP contribution in [0.25, 0.3) is 0 Å². The third kappa shape index (κ3) is 1.49. The predicted molar refractivity (Wildman–Crippen MR) is 58.3 cm³/mol. The first-order chi connectivity index (χ1) is 7.09. The van der Waals surface area contributed by atoms with Gasteiger partial charge in [-0.25, -0.2) is 4.79 Å². The second-order valence-corrected chi connectivity index (χ2v) is 6.19. The van der Waals surface area contributed by atoms with Crippen molar-refractivity contribution in [2.24, 2.45) is 17.8 Å². The minimum Gasteiger partial charge on any atom is -0.445 e. The molecule has 0 aromatic heterocycles. The lowest BCUT2D eigenvalue weighted by Gasteiger charge is -2.58. The molecule has 4 fully saturated rings. The van der Waals surface area contributed by atoms with Crippen LogP contribution in [0.1, 0.15) is 32.1 Å². The average Bonchev–Trinajstić information content (AvgIpc) is 2.11. The van der Waals surface area contributed by atoms with Crippen LogP contribution in [-0.4, -0.2) is 16.4 Å². The van der Waals surface area contributed by atoms with Crippen LogP contribution >= 0.6 is 23.2 Å². The van der Waals surface area contributed by atoms with Gasteiger partial charge in [0, 0.05) is 11.6 Å². The maximum atomic E-state index is 11.0. The van der Waals surface area contributed by atoms with Gasteiger partial charge >= 0.3 is 5.43 Å². The van der Waals surface area contributed by atoms with Gasteiger partial charge in [0.1, 0.15) is 5.60 Å². The van der Waals surface area contributed by atoms with Crippen molar-refractivity contribution in [1.29, 1.82) is 0 Å². The van der Waals surface area contributed by atoms with Gasteiger partial charge in [-0.3, -0.25) is 0 Å². The number of rotatable bonds is 1. The van der Waals surface area contributed by atoms with Crippen molar-refractivity contribution in [2.75, 3.05) is 0 Å². The summed E-state index contributed by atoms with van der Waals surface area (Å²) in [5, 5.41) is -0.0204. The molecule has 0 amide bonds. The highest BCUT2D eigenvalue weighted by Gasteiger charge is 2.58. The van der Waals surface area contributed by atoms with Gasteiger partial charge in [-0.2, -0.15) is 0 Å². The van der Waals surface area contributed by atoms with E-state index in [4.69, 9.17) is 27.9 Å². The molecule has 15 heavy (non-hydrogen) atoms. The molecule has 4 aliphatic rings. The van der Waals surface area contributed by atoms with Crippen LogP contribution in [0.4, 0.5) is 4.79 Å². The molecule has 84 valence electrons. The monoisotopic (exact) mass is 248 g/mol. The van der Waals surface area contributed by atoms with E-state index in [1.54, 1.807) is 0 Å². The molecule has 4 heteroatoms. The van der Waals surface area contributed by atoms with Crippen LogP contribution in [0.3, 0.4) is 0 Å². The normalized spacial score (nSPS) is 51.9. The van der Waals surface area contributed by atoms with Gasteiger partial charge in [0.2, 0.25) is 0 Å². The highest BCUT2D eigenvalue weighted by molar-refractivity contribution is 6.61. The second-order valence-electron chi connectivity index (χ2n) is 5.41. The van der Waals surface area contributed by atoms with E-state index in [1.165, 1.54) is 19.3 Å². The fourth-order valence-corrected chi connectivity index (χ4v) is 4.79. The van der Waals surface area contributed by atoms with Crippen LogP contribution in [0.2, 0.25) is 0 Å². The van der Waals surface area contributed by atoms with Gasteiger partial charge in [-0.05, 0) is 49.9 Å². The summed E-state index contributed by atoms with van der Waals surface area (Å²) in [5.74, 6) is 1.94. The van der Waals surface area contributed by atoms with Crippen LogP contribution in [-0.2, 0) is 4.74 Å². The molecule has 0 spiro atoms. The number of alkyl halides is 1. The Morgan fingerprint density at radius 1 is 1.20 bits per heavy atom. The highest BCUT2D eigenvalue weighted by Crippen LogP contribution is 2.58. The molecule has 4 rings (SSSR count). The maximum absolute atomic E-state index is 11.0. The number of carbonyl (C=O) groups excluding carboxylic acids is 1. The molecule has 0 saturated heterocycles. The van der Waals surface area contributed by atoms with Gasteiger partial charge in [-0.1, -0.05) is 0 Å². The average molecular weight is 249 g/mol. The number of hydrogen-bond donors (Lipinski definition) is 0. The summed E-state index contributed by atoms with van der Waals surface area (Å²) in [5.41, 5.74) is -1.13. The van der Waals surface area contributed by atoms with Crippen LogP contribution in [0.5, 0.6) is 0 Å². The lowest BCUT2D eigenvalue weighted by Crippen LogP contribution is -2.59. The SMILES string of the molecule is O=C(Cl)OC12CC3CC(CC(C3)C1Cl)C2. The molecule has 4 aliphatic carbocycles. The Bertz CT molecular complexity index is 291. The number of ether oxygens (including phenoxy) is 1. The fourth-order valence-electron chi connectivity index (χ4n) is 4.20. The van der Waals surface area contributed by atoms with Crippen molar-refractivity contribution in [1.82, 2.24) is 0 Å². The summed E-state index contributed by atoms with van der Waals surface area (Å²) < 4.78 is 5.36. The zero-order chi connectivity index (χ0) is 10.6. The standard InChI is InChI=1S/C11H14Cl2O2/c12-9-8-2-6-1-7(3-8)5-11(9,4-6)15-10(13)14/h6-9H,1-5H2. The Balaban J connectivity index is 1.90. The summed E-state index contributed by atoms with van der Waals surface area (Å²) in [6.07, 6.45) is 5.57. The van der Waals surface area contributed by atoms with Crippen molar-refractivity contribution in [3.8, 4) is 0 Å². The van der Waals surface area contributed by atoms with Gasteiger partial charge in [-0.15, -0.1) is 11.6 Å². The van der Waals surface area contributed by atoms with E-state index in [2.05, 4.69) is 0 Å². The van der Waals surface area contributed by atoms with Crippen molar-refractivity contribution in [3.05, 3.63) is 0 Å². The molecular formula is C11H14Cl2O2. The van der Waals surface area contributed by atoms with E-state index >= 15 is 0 Å². The zero-order valence-corrected chi connectivity index (χ0v) is 9.93. The topological polar surface area (TPSA) is 26.3 Å². The zero-order valence-electron chi connectivity index (χ0n) is 8.42. The van der Waals surface area contributed by atoms with E-state index in [1.807, 2.05) is 0 Å². The van der Waals surface area contributed by atoms with Gasteiger partial charge in [0.05, 0.1) is 5.38 Å². The number of carbonyl (C=O) groups is 1. The summed E-state index contributed by atoms with van der Waals surface area (Å²) in [6.45, 7) is 0. The van der Waals surface area contributed by atoms with Crippen LogP contribution < -0.4 is 0 Å². The van der Waals surface area contributed by atoms with Crippen molar-refractivity contribution < 1.29 is 9.53 Å². The largest absolute Gasteiger partial charge is 0.445 e. The molecule has 3 atom stereocenters. The molecule has 0 aromatic rings. The van der Waals surface area contributed by atoms with Gasteiger partial charge in [0.25, 0.3) is 0 Å². The van der Waals surface area contributed by atoms with Crippen molar-refractivity contribution in [3.63, 3.8) is 0 Å². The van der Waals surface area contributed by atoms with Gasteiger partial charge < -0.3 is 4.74 Å². The predicted octanol–water partition coefficient (Wildman–Crippen LogP) is 3.55. The van der Waals surface area contributed by atoms with E-state index in [0.29, 0.717) is 17.8 Å². The van der Waals surface area contributed by atoms with E-state index < -0.39 is 11.0 Å². The molecule has 0 radical (unpaired) electrons. The molecule has 0 N–H and O–H groups in total. The molecule has 0 heterocycles. The lowest BCUT2D eigenvalue weighted by atomic mass is 9.54. The Morgan fingerprint density at radius 3 is 2.33 bits per heavy atom. The lowest BCUT2D eigenvalue weighted by molar-refractivity contribution is -0.117. The molecule has 2 nitrogen and oxygen atoms in total. The van der Waals surface area contributed by atoms with Crippen LogP contribution in [0, 0.1) is 17.8 Å². The summed E-state index contributed by atoms with van der Waals surface area (Å²) >= 11 is 11.8. The first-order valence-electron chi connectivity index (χ1n) is 5.61. The first kappa shape index (κ1) is 10.2. The minimum absolute atomic E-state index is 0.0204. The maximum Gasteiger partial charge on any atom is 0.404 e. The van der Waals surface area contributed by atoms with E-state index in [-0.39, 0.29) is 5.38 Å². The molecule has 4 saturated carbocycles. The van der Waals surface area contributed by atoms with E-state index in [0.717, 1.165) is 12.8 Å². The molecule has 3 unspecified atom stereocenters. The third-order valence-corrected chi connectivity index (χ3v) is 5.24. The summed E-state index contributed by atoms with van der Waals surface area (Å²) in [4.78, 5) is 11.0. The Labute approximate surface area is 99.3 Å². The molecule has 0 aromatic carbocycles. The first-order valence-corrected chi connectivity index (χ1v) is 6.43. The highest BCUT2D eigenvalue weighted by atomic mass is 35.5. The second kappa shape index (κ2) is 3.27. The number of hydrogen-bond acceptors (Lipinski definition) is 2. The Kier molecular flexibility index (Phi) is 2.23. The third-order valence-electron chi connectivity index (χ3n) is 4.41.